The van der Waals surface area contributed by atoms with Crippen molar-refractivity contribution in [1.29, 1.82) is 0 Å². The van der Waals surface area contributed by atoms with Gasteiger partial charge in [-0.05, 0) is 45.5 Å². The van der Waals surface area contributed by atoms with Gasteiger partial charge < -0.3 is 10.6 Å². The number of likely N-dealkylation sites (N-methyl/N-ethyl adjacent to an activating group) is 1. The average molecular weight is 261 g/mol. The lowest BCUT2D eigenvalue weighted by Gasteiger charge is -2.43. The summed E-state index contributed by atoms with van der Waals surface area (Å²) in [7, 11) is 2.01. The van der Waals surface area contributed by atoms with E-state index in [1.165, 1.54) is 0 Å². The Morgan fingerprint density at radius 3 is 2.68 bits per heavy atom. The topological polar surface area (TPSA) is 49.6 Å². The van der Waals surface area contributed by atoms with Crippen molar-refractivity contribution in [3.05, 3.63) is 29.8 Å². The van der Waals surface area contributed by atoms with Crippen LogP contribution in [-0.2, 0) is 4.79 Å². The Morgan fingerprint density at radius 1 is 1.37 bits per heavy atom. The molecule has 0 saturated carbocycles. The van der Waals surface area contributed by atoms with Crippen LogP contribution in [0.2, 0.25) is 0 Å². The maximum atomic E-state index is 12.7. The van der Waals surface area contributed by atoms with Gasteiger partial charge >= 0.3 is 0 Å². The van der Waals surface area contributed by atoms with Gasteiger partial charge in [-0.15, -0.1) is 0 Å². The van der Waals surface area contributed by atoms with E-state index in [0.29, 0.717) is 19.0 Å². The second-order valence-corrected chi connectivity index (χ2v) is 5.34. The summed E-state index contributed by atoms with van der Waals surface area (Å²) < 4.78 is 0. The predicted molar refractivity (Wildman–Crippen MR) is 78.2 cm³/mol. The van der Waals surface area contributed by atoms with E-state index in [9.17, 15) is 4.79 Å². The SMILES string of the molecule is Cc1ccccc1N1CC(C)N(C)C(CCN)C1=O. The van der Waals surface area contributed by atoms with Gasteiger partial charge in [0.25, 0.3) is 0 Å². The summed E-state index contributed by atoms with van der Waals surface area (Å²) in [6.07, 6.45) is 0.710. The van der Waals surface area contributed by atoms with Gasteiger partial charge in [-0.25, -0.2) is 0 Å². The maximum absolute atomic E-state index is 12.7. The van der Waals surface area contributed by atoms with E-state index in [0.717, 1.165) is 17.8 Å². The Morgan fingerprint density at radius 2 is 2.05 bits per heavy atom. The predicted octanol–water partition coefficient (Wildman–Crippen LogP) is 1.38. The molecule has 2 N–H and O–H groups in total. The zero-order valence-electron chi connectivity index (χ0n) is 12.0. The number of nitrogens with zero attached hydrogens (tertiary/aromatic N) is 2. The van der Waals surface area contributed by atoms with Crippen LogP contribution in [0.4, 0.5) is 5.69 Å². The van der Waals surface area contributed by atoms with E-state index in [4.69, 9.17) is 5.73 Å². The maximum Gasteiger partial charge on any atom is 0.244 e. The Hall–Kier alpha value is -1.39. The molecule has 0 radical (unpaired) electrons. The number of para-hydroxylation sites is 1. The fourth-order valence-electron chi connectivity index (χ4n) is 2.71. The Labute approximate surface area is 115 Å². The first-order valence-corrected chi connectivity index (χ1v) is 6.85. The monoisotopic (exact) mass is 261 g/mol. The number of hydrogen-bond acceptors (Lipinski definition) is 3. The van der Waals surface area contributed by atoms with Crippen LogP contribution in [0.1, 0.15) is 18.9 Å². The summed E-state index contributed by atoms with van der Waals surface area (Å²) in [6, 6.07) is 8.28. The fourth-order valence-corrected chi connectivity index (χ4v) is 2.71. The smallest absolute Gasteiger partial charge is 0.244 e. The standard InChI is InChI=1S/C15H23N3O/c1-11-6-4-5-7-13(11)18-10-12(2)17(3)14(8-9-16)15(18)19/h4-7,12,14H,8-10,16H2,1-3H3. The molecule has 1 aliphatic heterocycles. The highest BCUT2D eigenvalue weighted by molar-refractivity contribution is 5.98. The number of anilines is 1. The molecule has 4 heteroatoms. The number of carbonyl (C=O) groups excluding carboxylic acids is 1. The lowest BCUT2D eigenvalue weighted by Crippen LogP contribution is -2.60. The molecule has 104 valence electrons. The molecule has 1 fully saturated rings. The van der Waals surface area contributed by atoms with Crippen LogP contribution in [-0.4, -0.2) is 43.0 Å². The van der Waals surface area contributed by atoms with Gasteiger partial charge in [0.15, 0.2) is 0 Å². The van der Waals surface area contributed by atoms with Crippen LogP contribution in [0.15, 0.2) is 24.3 Å². The fraction of sp³-hybridized carbons (Fsp3) is 0.533. The summed E-state index contributed by atoms with van der Waals surface area (Å²) >= 11 is 0. The highest BCUT2D eigenvalue weighted by atomic mass is 16.2. The van der Waals surface area contributed by atoms with Crippen LogP contribution >= 0.6 is 0 Å². The molecule has 1 aromatic rings. The molecule has 0 aliphatic carbocycles. The van der Waals surface area contributed by atoms with Gasteiger partial charge in [0, 0.05) is 18.3 Å². The zero-order chi connectivity index (χ0) is 14.0. The van der Waals surface area contributed by atoms with Crippen molar-refractivity contribution < 1.29 is 4.79 Å². The molecule has 2 unspecified atom stereocenters. The number of aryl methyl sites for hydroxylation is 1. The number of piperazine rings is 1. The van der Waals surface area contributed by atoms with Crippen molar-refractivity contribution in [1.82, 2.24) is 4.90 Å². The largest absolute Gasteiger partial charge is 0.330 e. The van der Waals surface area contributed by atoms with Crippen LogP contribution in [0.5, 0.6) is 0 Å². The highest BCUT2D eigenvalue weighted by Crippen LogP contribution is 2.26. The molecule has 1 amide bonds. The Kier molecular flexibility index (Phi) is 4.22. The third kappa shape index (κ3) is 2.65. The average Bonchev–Trinajstić information content (AvgIpc) is 2.40. The number of rotatable bonds is 3. The minimum absolute atomic E-state index is 0.103. The quantitative estimate of drug-likeness (QED) is 0.894. The van der Waals surface area contributed by atoms with Crippen molar-refractivity contribution >= 4 is 11.6 Å². The third-order valence-electron chi connectivity index (χ3n) is 4.03. The zero-order valence-corrected chi connectivity index (χ0v) is 12.0. The minimum atomic E-state index is -0.103. The van der Waals surface area contributed by atoms with Gasteiger partial charge in [-0.3, -0.25) is 9.69 Å². The molecule has 1 saturated heterocycles. The molecule has 2 rings (SSSR count). The summed E-state index contributed by atoms with van der Waals surface area (Å²) in [5, 5.41) is 0. The van der Waals surface area contributed by atoms with Crippen LogP contribution in [0, 0.1) is 6.92 Å². The lowest BCUT2D eigenvalue weighted by atomic mass is 10.0. The number of hydrogen-bond donors (Lipinski definition) is 1. The first kappa shape index (κ1) is 14.0. The molecular weight excluding hydrogens is 238 g/mol. The number of amides is 1. The highest BCUT2D eigenvalue weighted by Gasteiger charge is 2.36. The molecule has 19 heavy (non-hydrogen) atoms. The van der Waals surface area contributed by atoms with E-state index in [1.807, 2.05) is 43.1 Å². The molecule has 1 aromatic carbocycles. The van der Waals surface area contributed by atoms with Gasteiger partial charge in [0.2, 0.25) is 5.91 Å². The van der Waals surface area contributed by atoms with Gasteiger partial charge in [-0.2, -0.15) is 0 Å². The summed E-state index contributed by atoms with van der Waals surface area (Å²) in [5.41, 5.74) is 7.81. The van der Waals surface area contributed by atoms with E-state index in [1.54, 1.807) is 0 Å². The molecular formula is C15H23N3O. The van der Waals surface area contributed by atoms with Crippen LogP contribution in [0.25, 0.3) is 0 Å². The Bertz CT molecular complexity index is 460. The molecule has 0 spiro atoms. The van der Waals surface area contributed by atoms with Gasteiger partial charge in [0.1, 0.15) is 0 Å². The number of carbonyl (C=O) groups is 1. The summed E-state index contributed by atoms with van der Waals surface area (Å²) in [5.74, 6) is 0.167. The van der Waals surface area contributed by atoms with Crippen molar-refractivity contribution in [2.75, 3.05) is 25.0 Å². The van der Waals surface area contributed by atoms with Crippen molar-refractivity contribution in [2.45, 2.75) is 32.4 Å². The van der Waals surface area contributed by atoms with Gasteiger partial charge in [-0.1, -0.05) is 18.2 Å². The second-order valence-electron chi connectivity index (χ2n) is 5.34. The first-order valence-electron chi connectivity index (χ1n) is 6.85. The second kappa shape index (κ2) is 5.72. The first-order chi connectivity index (χ1) is 9.06. The normalized spacial score (nSPS) is 24.8. The molecule has 2 atom stereocenters. The van der Waals surface area contributed by atoms with Gasteiger partial charge in [0.05, 0.1) is 6.04 Å². The lowest BCUT2D eigenvalue weighted by molar-refractivity contribution is -0.126. The van der Waals surface area contributed by atoms with Crippen molar-refractivity contribution in [2.24, 2.45) is 5.73 Å². The molecule has 1 heterocycles. The minimum Gasteiger partial charge on any atom is -0.330 e. The molecule has 1 aliphatic rings. The van der Waals surface area contributed by atoms with E-state index in [-0.39, 0.29) is 11.9 Å². The summed E-state index contributed by atoms with van der Waals surface area (Å²) in [4.78, 5) is 16.7. The van der Waals surface area contributed by atoms with Crippen molar-refractivity contribution in [3.63, 3.8) is 0 Å². The van der Waals surface area contributed by atoms with E-state index >= 15 is 0 Å². The molecule has 0 aromatic heterocycles. The van der Waals surface area contributed by atoms with Crippen molar-refractivity contribution in [3.8, 4) is 0 Å². The van der Waals surface area contributed by atoms with E-state index < -0.39 is 0 Å². The number of benzene rings is 1. The molecule has 4 nitrogen and oxygen atoms in total. The summed E-state index contributed by atoms with van der Waals surface area (Å²) in [6.45, 7) is 5.47. The molecule has 0 bridgehead atoms. The van der Waals surface area contributed by atoms with Crippen LogP contribution < -0.4 is 10.6 Å². The van der Waals surface area contributed by atoms with Crippen LogP contribution in [0.3, 0.4) is 0 Å². The third-order valence-corrected chi connectivity index (χ3v) is 4.03. The number of nitrogens with two attached hydrogens (primary N) is 1. The van der Waals surface area contributed by atoms with E-state index in [2.05, 4.69) is 11.8 Å². The Balaban J connectivity index is 2.31.